The van der Waals surface area contributed by atoms with E-state index in [9.17, 15) is 4.79 Å². The number of ether oxygens (including phenoxy) is 2. The van der Waals surface area contributed by atoms with Gasteiger partial charge in [0.25, 0.3) is 0 Å². The van der Waals surface area contributed by atoms with Crippen LogP contribution in [0.25, 0.3) is 0 Å². The monoisotopic (exact) mass is 274 g/mol. The molecule has 15 heavy (non-hydrogen) atoms. The third-order valence-corrected chi connectivity index (χ3v) is 2.25. The van der Waals surface area contributed by atoms with Crippen LogP contribution in [0.3, 0.4) is 0 Å². The lowest BCUT2D eigenvalue weighted by Gasteiger charge is -2.11. The smallest absolute Gasteiger partial charge is 0.326 e. The Bertz CT molecular complexity index is 346. The number of nitrogens with two attached hydrogens (primary N) is 1. The summed E-state index contributed by atoms with van der Waals surface area (Å²) in [5.41, 5.74) is 5.50. The van der Waals surface area contributed by atoms with E-state index in [0.29, 0.717) is 10.2 Å². The molecular weight excluding hydrogens is 264 g/mol. The molecule has 0 aromatic carbocycles. The molecule has 0 saturated carbocycles. The van der Waals surface area contributed by atoms with Gasteiger partial charge in [0.05, 0.1) is 11.6 Å². The number of hydrogen-bond donors (Lipinski definition) is 1. The zero-order chi connectivity index (χ0) is 11.3. The summed E-state index contributed by atoms with van der Waals surface area (Å²) >= 11 is 3.26. The lowest BCUT2D eigenvalue weighted by molar-refractivity contribution is -0.142. The number of carbonyl (C=O) groups is 1. The molecule has 0 radical (unpaired) electrons. The van der Waals surface area contributed by atoms with E-state index in [1.54, 1.807) is 18.5 Å². The first-order valence-corrected chi connectivity index (χ1v) is 5.00. The number of nitrogens with zero attached hydrogens (tertiary/aromatic N) is 1. The van der Waals surface area contributed by atoms with E-state index in [0.717, 1.165) is 0 Å². The second kappa shape index (κ2) is 5.67. The Kier molecular flexibility index (Phi) is 4.51. The fourth-order valence-corrected chi connectivity index (χ4v) is 1.24. The molecule has 0 spiro atoms. The van der Waals surface area contributed by atoms with E-state index in [-0.39, 0.29) is 6.61 Å². The van der Waals surface area contributed by atoms with Crippen molar-refractivity contribution in [3.63, 3.8) is 0 Å². The summed E-state index contributed by atoms with van der Waals surface area (Å²) < 4.78 is 10.5. The van der Waals surface area contributed by atoms with Gasteiger partial charge in [-0.3, -0.25) is 9.78 Å². The predicted molar refractivity (Wildman–Crippen MR) is 57.4 cm³/mol. The molecule has 82 valence electrons. The highest BCUT2D eigenvalue weighted by molar-refractivity contribution is 9.10. The van der Waals surface area contributed by atoms with Crippen molar-refractivity contribution >= 4 is 21.9 Å². The largest absolute Gasteiger partial charge is 0.490 e. The van der Waals surface area contributed by atoms with Crippen LogP contribution >= 0.6 is 15.9 Å². The fourth-order valence-electron chi connectivity index (χ4n) is 0.878. The quantitative estimate of drug-likeness (QED) is 0.820. The van der Waals surface area contributed by atoms with E-state index >= 15 is 0 Å². The zero-order valence-corrected chi connectivity index (χ0v) is 9.73. The molecule has 1 rings (SSSR count). The summed E-state index contributed by atoms with van der Waals surface area (Å²) in [5, 5.41) is 0. The normalized spacial score (nSPS) is 11.9. The van der Waals surface area contributed by atoms with Crippen LogP contribution in [0.4, 0.5) is 0 Å². The molecule has 2 N–H and O–H groups in total. The van der Waals surface area contributed by atoms with Gasteiger partial charge in [-0.05, 0) is 22.0 Å². The van der Waals surface area contributed by atoms with Crippen LogP contribution in [0.1, 0.15) is 0 Å². The molecule has 0 aliphatic rings. The average molecular weight is 275 g/mol. The summed E-state index contributed by atoms with van der Waals surface area (Å²) in [6.07, 6.45) is 3.18. The molecule has 1 aromatic rings. The molecule has 0 fully saturated rings. The minimum atomic E-state index is -0.782. The molecule has 0 aliphatic heterocycles. The average Bonchev–Trinajstić information content (AvgIpc) is 2.26. The first kappa shape index (κ1) is 11.9. The molecule has 1 unspecified atom stereocenters. The molecule has 1 atom stereocenters. The second-order valence-electron chi connectivity index (χ2n) is 2.75. The summed E-state index contributed by atoms with van der Waals surface area (Å²) in [4.78, 5) is 14.8. The van der Waals surface area contributed by atoms with Gasteiger partial charge in [-0.1, -0.05) is 0 Å². The summed E-state index contributed by atoms with van der Waals surface area (Å²) in [5.74, 6) is 0.0875. The number of pyridine rings is 1. The maximum Gasteiger partial charge on any atom is 0.326 e. The van der Waals surface area contributed by atoms with E-state index < -0.39 is 12.0 Å². The van der Waals surface area contributed by atoms with Gasteiger partial charge in [0.1, 0.15) is 18.4 Å². The van der Waals surface area contributed by atoms with Crippen molar-refractivity contribution in [3.05, 3.63) is 22.9 Å². The SMILES string of the molecule is COC(=O)C(N)COc1ccncc1Br. The Morgan fingerprint density at radius 2 is 2.47 bits per heavy atom. The number of methoxy groups -OCH3 is 1. The topological polar surface area (TPSA) is 74.4 Å². The maximum atomic E-state index is 11.0. The molecular formula is C9H11BrN2O3. The third kappa shape index (κ3) is 3.49. The molecule has 1 aromatic heterocycles. The Morgan fingerprint density at radius 3 is 3.07 bits per heavy atom. The second-order valence-corrected chi connectivity index (χ2v) is 3.60. The van der Waals surface area contributed by atoms with Crippen molar-refractivity contribution in [3.8, 4) is 5.75 Å². The number of carbonyl (C=O) groups excluding carboxylic acids is 1. The van der Waals surface area contributed by atoms with Crippen LogP contribution in [0.2, 0.25) is 0 Å². The van der Waals surface area contributed by atoms with Crippen LogP contribution in [0, 0.1) is 0 Å². The first-order valence-electron chi connectivity index (χ1n) is 4.21. The molecule has 0 bridgehead atoms. The lowest BCUT2D eigenvalue weighted by Crippen LogP contribution is -2.37. The zero-order valence-electron chi connectivity index (χ0n) is 8.14. The Hall–Kier alpha value is -1.14. The standard InChI is InChI=1S/C9H11BrN2O3/c1-14-9(13)7(11)5-15-8-2-3-12-4-6(8)10/h2-4,7H,5,11H2,1H3. The van der Waals surface area contributed by atoms with Gasteiger partial charge in [0, 0.05) is 12.4 Å². The minimum absolute atomic E-state index is 0.0648. The summed E-state index contributed by atoms with van der Waals surface area (Å²) in [6, 6.07) is 0.892. The van der Waals surface area contributed by atoms with Gasteiger partial charge in [-0.25, -0.2) is 0 Å². The third-order valence-electron chi connectivity index (χ3n) is 1.66. The van der Waals surface area contributed by atoms with Gasteiger partial charge < -0.3 is 15.2 Å². The van der Waals surface area contributed by atoms with Gasteiger partial charge >= 0.3 is 5.97 Å². The highest BCUT2D eigenvalue weighted by atomic mass is 79.9. The van der Waals surface area contributed by atoms with Gasteiger partial charge in [-0.15, -0.1) is 0 Å². The van der Waals surface area contributed by atoms with Crippen LogP contribution in [0.15, 0.2) is 22.9 Å². The first-order chi connectivity index (χ1) is 7.15. The van der Waals surface area contributed by atoms with E-state index in [1.807, 2.05) is 0 Å². The molecule has 0 amide bonds. The molecule has 1 heterocycles. The molecule has 0 saturated heterocycles. The number of aromatic nitrogens is 1. The van der Waals surface area contributed by atoms with Crippen molar-refractivity contribution in [1.82, 2.24) is 4.98 Å². The Morgan fingerprint density at radius 1 is 1.73 bits per heavy atom. The summed E-state index contributed by atoms with van der Waals surface area (Å²) in [7, 11) is 1.28. The van der Waals surface area contributed by atoms with Gasteiger partial charge in [0.15, 0.2) is 0 Å². The molecule has 0 aliphatic carbocycles. The van der Waals surface area contributed by atoms with Gasteiger partial charge in [0.2, 0.25) is 0 Å². The predicted octanol–water partition coefficient (Wildman–Crippen LogP) is 0.723. The highest BCUT2D eigenvalue weighted by Gasteiger charge is 2.14. The van der Waals surface area contributed by atoms with E-state index in [2.05, 4.69) is 25.7 Å². The van der Waals surface area contributed by atoms with E-state index in [1.165, 1.54) is 7.11 Å². The number of hydrogen-bond acceptors (Lipinski definition) is 5. The number of esters is 1. The fraction of sp³-hybridized carbons (Fsp3) is 0.333. The Labute approximate surface area is 95.7 Å². The number of rotatable bonds is 4. The maximum absolute atomic E-state index is 11.0. The van der Waals surface area contributed by atoms with Crippen molar-refractivity contribution in [2.45, 2.75) is 6.04 Å². The van der Waals surface area contributed by atoms with Crippen LogP contribution in [-0.4, -0.2) is 30.7 Å². The van der Waals surface area contributed by atoms with Crippen molar-refractivity contribution in [2.24, 2.45) is 5.73 Å². The van der Waals surface area contributed by atoms with Crippen LogP contribution in [0.5, 0.6) is 5.75 Å². The summed E-state index contributed by atoms with van der Waals surface area (Å²) in [6.45, 7) is 0.0648. The van der Waals surface area contributed by atoms with Gasteiger partial charge in [-0.2, -0.15) is 0 Å². The minimum Gasteiger partial charge on any atom is -0.490 e. The van der Waals surface area contributed by atoms with Crippen molar-refractivity contribution in [2.75, 3.05) is 13.7 Å². The molecule has 5 nitrogen and oxygen atoms in total. The van der Waals surface area contributed by atoms with Crippen molar-refractivity contribution < 1.29 is 14.3 Å². The number of halogens is 1. The van der Waals surface area contributed by atoms with Crippen LogP contribution < -0.4 is 10.5 Å². The molecule has 6 heteroatoms. The lowest BCUT2D eigenvalue weighted by atomic mass is 10.3. The highest BCUT2D eigenvalue weighted by Crippen LogP contribution is 2.22. The van der Waals surface area contributed by atoms with Crippen LogP contribution in [-0.2, 0) is 9.53 Å². The van der Waals surface area contributed by atoms with Crippen molar-refractivity contribution in [1.29, 1.82) is 0 Å². The Balaban J connectivity index is 2.50. The van der Waals surface area contributed by atoms with E-state index in [4.69, 9.17) is 10.5 Å².